The van der Waals surface area contributed by atoms with Crippen LogP contribution in [-0.2, 0) is 0 Å². The highest BCUT2D eigenvalue weighted by Gasteiger charge is 2.15. The molecule has 0 saturated heterocycles. The second-order valence-electron chi connectivity index (χ2n) is 5.04. The number of carbonyl (C=O) groups is 1. The quantitative estimate of drug-likeness (QED) is 0.777. The van der Waals surface area contributed by atoms with Crippen LogP contribution in [0.15, 0.2) is 42.5 Å². The summed E-state index contributed by atoms with van der Waals surface area (Å²) in [6.07, 6.45) is 0. The van der Waals surface area contributed by atoms with Crippen LogP contribution >= 0.6 is 0 Å². The van der Waals surface area contributed by atoms with E-state index in [1.165, 1.54) is 0 Å². The van der Waals surface area contributed by atoms with Crippen molar-refractivity contribution in [2.45, 2.75) is 13.8 Å². The lowest BCUT2D eigenvalue weighted by Gasteiger charge is -2.08. The van der Waals surface area contributed by atoms with Gasteiger partial charge in [-0.2, -0.15) is 0 Å². The predicted molar refractivity (Wildman–Crippen MR) is 81.4 cm³/mol. The monoisotopic (exact) mass is 278 g/mol. The maximum Gasteiger partial charge on any atom is 0.355 e. The first-order chi connectivity index (χ1) is 10.1. The zero-order valence-corrected chi connectivity index (χ0v) is 11.8. The molecule has 2 aromatic carbocycles. The van der Waals surface area contributed by atoms with E-state index in [9.17, 15) is 9.90 Å². The Hall–Kier alpha value is -2.75. The molecule has 0 aliphatic heterocycles. The van der Waals surface area contributed by atoms with Crippen LogP contribution in [0.3, 0.4) is 0 Å². The van der Waals surface area contributed by atoms with Crippen LogP contribution in [0.1, 0.15) is 21.6 Å². The first-order valence-corrected chi connectivity index (χ1v) is 6.64. The van der Waals surface area contributed by atoms with E-state index in [4.69, 9.17) is 0 Å². The molecule has 1 heterocycles. The Morgan fingerprint density at radius 2 is 1.81 bits per heavy atom. The zero-order valence-electron chi connectivity index (χ0n) is 11.8. The minimum absolute atomic E-state index is 0.0435. The van der Waals surface area contributed by atoms with Gasteiger partial charge >= 0.3 is 5.97 Å². The molecule has 1 aromatic heterocycles. The molecular formula is C17H14N2O2. The van der Waals surface area contributed by atoms with Crippen molar-refractivity contribution in [1.29, 1.82) is 0 Å². The standard InChI is InChI=1S/C17H14N2O2/c1-10-7-8-14-13(9-10)15(17(20)21)19-16(18-14)12-6-4-3-5-11(12)2/h3-9H,1-2H3,(H,20,21). The maximum absolute atomic E-state index is 11.5. The van der Waals surface area contributed by atoms with Gasteiger partial charge in [0, 0.05) is 10.9 Å². The van der Waals surface area contributed by atoms with Crippen LogP contribution in [0.4, 0.5) is 0 Å². The van der Waals surface area contributed by atoms with Crippen molar-refractivity contribution < 1.29 is 9.90 Å². The molecule has 0 saturated carbocycles. The molecule has 0 fully saturated rings. The molecule has 3 aromatic rings. The molecule has 21 heavy (non-hydrogen) atoms. The van der Waals surface area contributed by atoms with Crippen LogP contribution in [0, 0.1) is 13.8 Å². The molecule has 4 nitrogen and oxygen atoms in total. The summed E-state index contributed by atoms with van der Waals surface area (Å²) in [4.78, 5) is 20.3. The van der Waals surface area contributed by atoms with Crippen molar-refractivity contribution in [1.82, 2.24) is 9.97 Å². The SMILES string of the molecule is Cc1ccc2nc(-c3ccccc3C)nc(C(=O)O)c2c1. The Balaban J connectivity index is 2.34. The number of nitrogens with zero attached hydrogens (tertiary/aromatic N) is 2. The molecule has 0 unspecified atom stereocenters. The van der Waals surface area contributed by atoms with Gasteiger partial charge in [0.1, 0.15) is 0 Å². The molecule has 0 bridgehead atoms. The fourth-order valence-corrected chi connectivity index (χ4v) is 2.35. The van der Waals surface area contributed by atoms with Crippen molar-refractivity contribution in [3.63, 3.8) is 0 Å². The summed E-state index contributed by atoms with van der Waals surface area (Å²) in [5, 5.41) is 9.99. The highest BCUT2D eigenvalue weighted by Crippen LogP contribution is 2.24. The number of hydrogen-bond acceptors (Lipinski definition) is 3. The Labute approximate surface area is 122 Å². The molecule has 0 radical (unpaired) electrons. The van der Waals surface area contributed by atoms with Crippen LogP contribution in [0.25, 0.3) is 22.3 Å². The van der Waals surface area contributed by atoms with Gasteiger partial charge in [-0.3, -0.25) is 0 Å². The second-order valence-corrected chi connectivity index (χ2v) is 5.04. The van der Waals surface area contributed by atoms with E-state index in [0.717, 1.165) is 16.7 Å². The summed E-state index contributed by atoms with van der Waals surface area (Å²) in [5.41, 5.74) is 3.54. The highest BCUT2D eigenvalue weighted by atomic mass is 16.4. The number of rotatable bonds is 2. The molecule has 0 aliphatic carbocycles. The van der Waals surface area contributed by atoms with Gasteiger partial charge in [-0.25, -0.2) is 14.8 Å². The number of aryl methyl sites for hydroxylation is 2. The van der Waals surface area contributed by atoms with Crippen LogP contribution in [0.5, 0.6) is 0 Å². The van der Waals surface area contributed by atoms with Gasteiger partial charge in [0.2, 0.25) is 0 Å². The van der Waals surface area contributed by atoms with Crippen LogP contribution in [0.2, 0.25) is 0 Å². The Morgan fingerprint density at radius 1 is 1.05 bits per heavy atom. The molecule has 104 valence electrons. The Morgan fingerprint density at radius 3 is 2.52 bits per heavy atom. The number of hydrogen-bond donors (Lipinski definition) is 1. The summed E-state index contributed by atoms with van der Waals surface area (Å²) in [7, 11) is 0. The van der Waals surface area contributed by atoms with Gasteiger partial charge in [0.15, 0.2) is 11.5 Å². The largest absolute Gasteiger partial charge is 0.476 e. The molecule has 0 atom stereocenters. The van der Waals surface area contributed by atoms with Gasteiger partial charge in [0.25, 0.3) is 0 Å². The van der Waals surface area contributed by atoms with Gasteiger partial charge in [0.05, 0.1) is 5.52 Å². The summed E-state index contributed by atoms with van der Waals surface area (Å²) < 4.78 is 0. The molecule has 4 heteroatoms. The Kier molecular flexibility index (Phi) is 3.14. The van der Waals surface area contributed by atoms with Crippen LogP contribution in [-0.4, -0.2) is 21.0 Å². The van der Waals surface area contributed by atoms with Crippen molar-refractivity contribution >= 4 is 16.9 Å². The number of fused-ring (bicyclic) bond motifs is 1. The van der Waals surface area contributed by atoms with Crippen LogP contribution < -0.4 is 0 Å². The Bertz CT molecular complexity index is 857. The highest BCUT2D eigenvalue weighted by molar-refractivity contribution is 6.01. The first kappa shape index (κ1) is 13.2. The third-order valence-corrected chi connectivity index (χ3v) is 3.44. The minimum Gasteiger partial charge on any atom is -0.476 e. The van der Waals surface area contributed by atoms with Gasteiger partial charge < -0.3 is 5.11 Å². The number of carboxylic acids is 1. The van der Waals surface area contributed by atoms with E-state index in [0.29, 0.717) is 16.7 Å². The number of benzene rings is 2. The van der Waals surface area contributed by atoms with E-state index in [1.807, 2.05) is 50.2 Å². The lowest BCUT2D eigenvalue weighted by Crippen LogP contribution is -2.05. The summed E-state index contributed by atoms with van der Waals surface area (Å²) in [6.45, 7) is 3.87. The fraction of sp³-hybridized carbons (Fsp3) is 0.118. The lowest BCUT2D eigenvalue weighted by molar-refractivity contribution is 0.0693. The number of aromatic nitrogens is 2. The summed E-state index contributed by atoms with van der Waals surface area (Å²) in [5.74, 6) is -0.593. The molecule has 3 rings (SSSR count). The van der Waals surface area contributed by atoms with Gasteiger partial charge in [-0.05, 0) is 31.5 Å². The second kappa shape index (κ2) is 4.98. The maximum atomic E-state index is 11.5. The lowest BCUT2D eigenvalue weighted by atomic mass is 10.1. The first-order valence-electron chi connectivity index (χ1n) is 6.64. The van der Waals surface area contributed by atoms with Gasteiger partial charge in [-0.15, -0.1) is 0 Å². The smallest absolute Gasteiger partial charge is 0.355 e. The zero-order chi connectivity index (χ0) is 15.0. The number of carboxylic acid groups (broad SMARTS) is 1. The summed E-state index contributed by atoms with van der Waals surface area (Å²) >= 11 is 0. The average molecular weight is 278 g/mol. The molecular weight excluding hydrogens is 264 g/mol. The molecule has 1 N–H and O–H groups in total. The van der Waals surface area contributed by atoms with Crippen molar-refractivity contribution in [3.05, 3.63) is 59.3 Å². The fourth-order valence-electron chi connectivity index (χ4n) is 2.35. The molecule has 0 amide bonds. The third kappa shape index (κ3) is 2.36. The van der Waals surface area contributed by atoms with E-state index in [2.05, 4.69) is 9.97 Å². The molecule has 0 spiro atoms. The predicted octanol–water partition coefficient (Wildman–Crippen LogP) is 3.61. The van der Waals surface area contributed by atoms with E-state index in [-0.39, 0.29) is 5.69 Å². The topological polar surface area (TPSA) is 63.1 Å². The van der Waals surface area contributed by atoms with Gasteiger partial charge in [-0.1, -0.05) is 35.9 Å². The van der Waals surface area contributed by atoms with Crippen molar-refractivity contribution in [2.24, 2.45) is 0 Å². The minimum atomic E-state index is -1.04. The van der Waals surface area contributed by atoms with Crippen molar-refractivity contribution in [3.8, 4) is 11.4 Å². The number of aromatic carboxylic acids is 1. The average Bonchev–Trinajstić information content (AvgIpc) is 2.46. The van der Waals surface area contributed by atoms with Crippen molar-refractivity contribution in [2.75, 3.05) is 0 Å². The summed E-state index contributed by atoms with van der Waals surface area (Å²) in [6, 6.07) is 13.2. The normalized spacial score (nSPS) is 10.8. The molecule has 0 aliphatic rings. The third-order valence-electron chi connectivity index (χ3n) is 3.44. The van der Waals surface area contributed by atoms with E-state index >= 15 is 0 Å². The van der Waals surface area contributed by atoms with E-state index < -0.39 is 5.97 Å². The van der Waals surface area contributed by atoms with E-state index in [1.54, 1.807) is 6.07 Å².